The van der Waals surface area contributed by atoms with Crippen LogP contribution in [0.1, 0.15) is 22.5 Å². The highest BCUT2D eigenvalue weighted by atomic mass is 35.5. The molecule has 2 aromatic rings. The predicted molar refractivity (Wildman–Crippen MR) is 85.8 cm³/mol. The number of amides is 1. The first-order valence-corrected chi connectivity index (χ1v) is 7.22. The Labute approximate surface area is 133 Å². The van der Waals surface area contributed by atoms with E-state index in [-0.39, 0.29) is 11.6 Å². The number of nitrogens with zero attached hydrogens (tertiary/aromatic N) is 2. The van der Waals surface area contributed by atoms with Gasteiger partial charge in [-0.25, -0.2) is 4.98 Å². The molecule has 1 aromatic carbocycles. The van der Waals surface area contributed by atoms with Crippen LogP contribution in [-0.4, -0.2) is 24.0 Å². The lowest BCUT2D eigenvalue weighted by Gasteiger charge is -2.07. The maximum Gasteiger partial charge on any atom is 0.251 e. The summed E-state index contributed by atoms with van der Waals surface area (Å²) in [7, 11) is 0. The van der Waals surface area contributed by atoms with Crippen molar-refractivity contribution in [3.8, 4) is 6.07 Å². The minimum absolute atomic E-state index is 0.0861. The van der Waals surface area contributed by atoms with Gasteiger partial charge in [0.05, 0.1) is 5.02 Å². The van der Waals surface area contributed by atoms with Crippen LogP contribution in [0.3, 0.4) is 0 Å². The van der Waals surface area contributed by atoms with E-state index in [9.17, 15) is 4.79 Å². The summed E-state index contributed by atoms with van der Waals surface area (Å²) in [6, 6.07) is 14.3. The summed E-state index contributed by atoms with van der Waals surface area (Å²) in [5.74, 6) is 0.507. The molecule has 0 aliphatic rings. The number of benzene rings is 1. The molecule has 0 bridgehead atoms. The van der Waals surface area contributed by atoms with Gasteiger partial charge in [-0.15, -0.1) is 0 Å². The number of nitrogens with one attached hydrogen (secondary N) is 2. The third-order valence-corrected chi connectivity index (χ3v) is 3.24. The molecule has 0 radical (unpaired) electrons. The number of nitriles is 1. The largest absolute Gasteiger partial charge is 0.370 e. The maximum absolute atomic E-state index is 11.8. The second kappa shape index (κ2) is 8.01. The summed E-state index contributed by atoms with van der Waals surface area (Å²) in [4.78, 5) is 15.9. The van der Waals surface area contributed by atoms with Crippen LogP contribution in [0.2, 0.25) is 5.02 Å². The smallest absolute Gasteiger partial charge is 0.251 e. The van der Waals surface area contributed by atoms with E-state index in [0.717, 1.165) is 6.42 Å². The first-order valence-electron chi connectivity index (χ1n) is 6.84. The Hall–Kier alpha value is -2.58. The molecular formula is C16H15ClN4O. The molecule has 6 heteroatoms. The molecule has 0 saturated heterocycles. The molecule has 5 nitrogen and oxygen atoms in total. The van der Waals surface area contributed by atoms with E-state index < -0.39 is 0 Å². The summed E-state index contributed by atoms with van der Waals surface area (Å²) in [5.41, 5.74) is 0.845. The van der Waals surface area contributed by atoms with Gasteiger partial charge in [0.2, 0.25) is 0 Å². The molecule has 0 atom stereocenters. The van der Waals surface area contributed by atoms with E-state index in [4.69, 9.17) is 16.9 Å². The third kappa shape index (κ3) is 4.47. The standard InChI is InChI=1S/C16H15ClN4O/c17-13-7-8-15(21-14(13)11-18)19-9-4-10-20-16(22)12-5-2-1-3-6-12/h1-3,5-8H,4,9-10H2,(H,19,21)(H,20,22). The average Bonchev–Trinajstić information content (AvgIpc) is 2.56. The summed E-state index contributed by atoms with van der Waals surface area (Å²) in [5, 5.41) is 15.1. The van der Waals surface area contributed by atoms with Crippen LogP contribution in [0.4, 0.5) is 5.82 Å². The average molecular weight is 315 g/mol. The van der Waals surface area contributed by atoms with Crippen molar-refractivity contribution in [2.75, 3.05) is 18.4 Å². The fraction of sp³-hybridized carbons (Fsp3) is 0.188. The molecule has 22 heavy (non-hydrogen) atoms. The molecule has 1 aromatic heterocycles. The number of halogens is 1. The van der Waals surface area contributed by atoms with Gasteiger partial charge < -0.3 is 10.6 Å². The number of aromatic nitrogens is 1. The van der Waals surface area contributed by atoms with Gasteiger partial charge in [-0.2, -0.15) is 5.26 Å². The van der Waals surface area contributed by atoms with Gasteiger partial charge in [-0.3, -0.25) is 4.79 Å². The number of anilines is 1. The van der Waals surface area contributed by atoms with Crippen LogP contribution in [0.5, 0.6) is 0 Å². The fourth-order valence-corrected chi connectivity index (χ4v) is 1.96. The van der Waals surface area contributed by atoms with Crippen molar-refractivity contribution >= 4 is 23.3 Å². The van der Waals surface area contributed by atoms with Crippen LogP contribution >= 0.6 is 11.6 Å². The lowest BCUT2D eigenvalue weighted by molar-refractivity contribution is 0.0953. The SMILES string of the molecule is N#Cc1nc(NCCCNC(=O)c2ccccc2)ccc1Cl. The molecule has 2 rings (SSSR count). The first-order chi connectivity index (χ1) is 10.7. The van der Waals surface area contributed by atoms with Crippen molar-refractivity contribution in [1.29, 1.82) is 5.26 Å². The zero-order valence-corrected chi connectivity index (χ0v) is 12.6. The molecule has 0 unspecified atom stereocenters. The van der Waals surface area contributed by atoms with E-state index in [2.05, 4.69) is 15.6 Å². The molecule has 0 fully saturated rings. The Balaban J connectivity index is 1.72. The quantitative estimate of drug-likeness (QED) is 0.804. The minimum atomic E-state index is -0.0861. The van der Waals surface area contributed by atoms with E-state index in [1.54, 1.807) is 24.3 Å². The van der Waals surface area contributed by atoms with E-state index in [1.165, 1.54) is 0 Å². The molecule has 0 aliphatic heterocycles. The Kier molecular flexibility index (Phi) is 5.75. The second-order valence-electron chi connectivity index (χ2n) is 4.54. The number of pyridine rings is 1. The number of carbonyl (C=O) groups excluding carboxylic acids is 1. The summed E-state index contributed by atoms with van der Waals surface area (Å²) in [6.07, 6.45) is 0.741. The van der Waals surface area contributed by atoms with Gasteiger partial charge in [0, 0.05) is 18.7 Å². The zero-order valence-electron chi connectivity index (χ0n) is 11.8. The van der Waals surface area contributed by atoms with E-state index in [1.807, 2.05) is 24.3 Å². The Morgan fingerprint density at radius 2 is 1.95 bits per heavy atom. The van der Waals surface area contributed by atoms with Gasteiger partial charge in [-0.1, -0.05) is 29.8 Å². The van der Waals surface area contributed by atoms with Crippen molar-refractivity contribution in [1.82, 2.24) is 10.3 Å². The van der Waals surface area contributed by atoms with Gasteiger partial charge >= 0.3 is 0 Å². The van der Waals surface area contributed by atoms with Gasteiger partial charge in [0.1, 0.15) is 11.9 Å². The van der Waals surface area contributed by atoms with Gasteiger partial charge in [0.15, 0.2) is 5.69 Å². The maximum atomic E-state index is 11.8. The van der Waals surface area contributed by atoms with Crippen molar-refractivity contribution in [2.24, 2.45) is 0 Å². The van der Waals surface area contributed by atoms with Crippen LogP contribution in [0.25, 0.3) is 0 Å². The number of hydrogen-bond donors (Lipinski definition) is 2. The zero-order chi connectivity index (χ0) is 15.8. The van der Waals surface area contributed by atoms with Gasteiger partial charge in [0.25, 0.3) is 5.91 Å². The number of rotatable bonds is 6. The summed E-state index contributed by atoms with van der Waals surface area (Å²) in [6.45, 7) is 1.19. The van der Waals surface area contributed by atoms with Crippen molar-refractivity contribution in [3.05, 3.63) is 58.7 Å². The molecule has 112 valence electrons. The molecule has 1 amide bonds. The summed E-state index contributed by atoms with van der Waals surface area (Å²) >= 11 is 5.81. The van der Waals surface area contributed by atoms with Crippen LogP contribution in [-0.2, 0) is 0 Å². The lowest BCUT2D eigenvalue weighted by Crippen LogP contribution is -2.25. The molecule has 1 heterocycles. The highest BCUT2D eigenvalue weighted by Crippen LogP contribution is 2.15. The Morgan fingerprint density at radius 3 is 2.68 bits per heavy atom. The molecular weight excluding hydrogens is 300 g/mol. The van der Waals surface area contributed by atoms with Crippen LogP contribution < -0.4 is 10.6 Å². The van der Waals surface area contributed by atoms with Gasteiger partial charge in [-0.05, 0) is 30.7 Å². The summed E-state index contributed by atoms with van der Waals surface area (Å²) < 4.78 is 0. The topological polar surface area (TPSA) is 77.8 Å². The molecule has 0 aliphatic carbocycles. The van der Waals surface area contributed by atoms with Crippen molar-refractivity contribution in [3.63, 3.8) is 0 Å². The Morgan fingerprint density at radius 1 is 1.18 bits per heavy atom. The normalized spacial score (nSPS) is 9.82. The highest BCUT2D eigenvalue weighted by molar-refractivity contribution is 6.31. The second-order valence-corrected chi connectivity index (χ2v) is 4.95. The Bertz CT molecular complexity index is 682. The first kappa shape index (κ1) is 15.8. The predicted octanol–water partition coefficient (Wildman–Crippen LogP) is 2.84. The molecule has 0 spiro atoms. The monoisotopic (exact) mass is 314 g/mol. The molecule has 2 N–H and O–H groups in total. The number of hydrogen-bond acceptors (Lipinski definition) is 4. The fourth-order valence-electron chi connectivity index (χ4n) is 1.82. The number of carbonyl (C=O) groups is 1. The molecule has 0 saturated carbocycles. The van der Waals surface area contributed by atoms with E-state index >= 15 is 0 Å². The third-order valence-electron chi connectivity index (χ3n) is 2.93. The minimum Gasteiger partial charge on any atom is -0.370 e. The van der Waals surface area contributed by atoms with E-state index in [0.29, 0.717) is 29.5 Å². The van der Waals surface area contributed by atoms with Crippen molar-refractivity contribution < 1.29 is 4.79 Å². The lowest BCUT2D eigenvalue weighted by atomic mass is 10.2. The van der Waals surface area contributed by atoms with Crippen LogP contribution in [0, 0.1) is 11.3 Å². The van der Waals surface area contributed by atoms with Crippen molar-refractivity contribution in [2.45, 2.75) is 6.42 Å². The van der Waals surface area contributed by atoms with Crippen LogP contribution in [0.15, 0.2) is 42.5 Å². The highest BCUT2D eigenvalue weighted by Gasteiger charge is 2.04.